The number of ether oxygens (including phenoxy) is 4. The van der Waals surface area contributed by atoms with Crippen molar-refractivity contribution in [3.63, 3.8) is 0 Å². The van der Waals surface area contributed by atoms with Crippen LogP contribution in [0.2, 0.25) is 0 Å². The Hall–Kier alpha value is -1.50. The summed E-state index contributed by atoms with van der Waals surface area (Å²) in [7, 11) is 6.92. The van der Waals surface area contributed by atoms with Gasteiger partial charge in [0.25, 0.3) is 0 Å². The fraction of sp³-hybridized carbons (Fsp3) is 0.333. The van der Waals surface area contributed by atoms with E-state index in [0.717, 1.165) is 48.7 Å². The molecule has 4 nitrogen and oxygen atoms in total. The molecule has 4 aromatic carbocycles. The van der Waals surface area contributed by atoms with Crippen LogP contribution in [-0.4, -0.2) is 97.4 Å². The molecule has 0 fully saturated rings. The van der Waals surface area contributed by atoms with Gasteiger partial charge in [-0.15, -0.1) is 0 Å². The fourth-order valence-corrected chi connectivity index (χ4v) is 67.4. The normalized spacial score (nSPS) is 11.6. The predicted molar refractivity (Wildman–Crippen MR) is 197 cm³/mol. The van der Waals surface area contributed by atoms with Crippen molar-refractivity contribution < 1.29 is 18.9 Å². The van der Waals surface area contributed by atoms with Crippen LogP contribution in [0.3, 0.4) is 0 Å². The van der Waals surface area contributed by atoms with Gasteiger partial charge in [0.05, 0.1) is 0 Å². The molecule has 0 radical (unpaired) electrons. The van der Waals surface area contributed by atoms with Gasteiger partial charge in [-0.3, -0.25) is 0 Å². The Morgan fingerprint density at radius 2 is 0.600 bits per heavy atom. The standard InChI is InChI=1S/C36H44O4P2Se3/c1-37-33-13-5-29(6-14-33)21-25-41(43,26-22-30-7-15-34(38-2)16-8-30)45-42(44,27-23-31-9-17-35(39-3)18-10-31)28-24-32-11-19-36(40-4)20-12-32/h5-20H,21-28H2,1-4H3. The SMILES string of the molecule is COc1ccc(CCP(=[Se])(CCc2ccc(OC)cc2)[Se]P(=[Se])(CCc2ccc(OC)cc2)CCc2ccc(OC)cc2)cc1. The summed E-state index contributed by atoms with van der Waals surface area (Å²) in [5.41, 5.74) is 5.54. The molecule has 0 saturated heterocycles. The quantitative estimate of drug-likeness (QED) is 0.0761. The molecule has 0 unspecified atom stereocenters. The molecule has 0 aliphatic carbocycles. The van der Waals surface area contributed by atoms with Gasteiger partial charge in [-0.05, 0) is 0 Å². The molecule has 0 spiro atoms. The van der Waals surface area contributed by atoms with Crippen LogP contribution in [-0.2, 0) is 25.7 Å². The first-order valence-corrected chi connectivity index (χ1v) is 28.3. The first kappa shape index (κ1) is 36.3. The molecular formula is C36H44O4P2Se3. The van der Waals surface area contributed by atoms with Crippen LogP contribution in [0.25, 0.3) is 0 Å². The average molecular weight is 840 g/mol. The van der Waals surface area contributed by atoms with E-state index in [4.69, 9.17) is 18.9 Å². The van der Waals surface area contributed by atoms with Crippen molar-refractivity contribution in [3.8, 4) is 23.0 Å². The first-order chi connectivity index (χ1) is 21.7. The third kappa shape index (κ3) is 11.9. The van der Waals surface area contributed by atoms with Gasteiger partial charge in [-0.25, -0.2) is 0 Å². The molecular weight excluding hydrogens is 795 g/mol. The van der Waals surface area contributed by atoms with Gasteiger partial charge in [0.2, 0.25) is 0 Å². The van der Waals surface area contributed by atoms with Gasteiger partial charge in [0.15, 0.2) is 0 Å². The van der Waals surface area contributed by atoms with Crippen molar-refractivity contribution in [1.82, 2.24) is 0 Å². The second kappa shape index (κ2) is 18.2. The molecule has 0 aliphatic rings. The molecule has 0 heterocycles. The van der Waals surface area contributed by atoms with Crippen molar-refractivity contribution in [1.29, 1.82) is 0 Å². The van der Waals surface area contributed by atoms with Crippen molar-refractivity contribution in [2.24, 2.45) is 0 Å². The number of methoxy groups -OCH3 is 4. The van der Waals surface area contributed by atoms with Crippen LogP contribution in [0.4, 0.5) is 0 Å². The van der Waals surface area contributed by atoms with Crippen LogP contribution < -0.4 is 18.9 Å². The molecule has 9 heteroatoms. The van der Waals surface area contributed by atoms with Gasteiger partial charge in [-0.1, -0.05) is 0 Å². The molecule has 0 bridgehead atoms. The predicted octanol–water partition coefficient (Wildman–Crippen LogP) is 7.73. The van der Waals surface area contributed by atoms with Crippen LogP contribution in [0.1, 0.15) is 22.3 Å². The summed E-state index contributed by atoms with van der Waals surface area (Å²) in [5.74, 6) is 3.65. The van der Waals surface area contributed by atoms with E-state index >= 15 is 0 Å². The Morgan fingerprint density at radius 3 is 0.778 bits per heavy atom. The number of hydrogen-bond acceptors (Lipinski definition) is 4. The van der Waals surface area contributed by atoms with Crippen molar-refractivity contribution >= 4 is 52.7 Å². The first-order valence-electron chi connectivity index (χ1n) is 15.1. The van der Waals surface area contributed by atoms with Crippen LogP contribution >= 0.6 is 8.40 Å². The van der Waals surface area contributed by atoms with E-state index in [0.29, 0.717) is 14.1 Å². The van der Waals surface area contributed by atoms with E-state index in [1.165, 1.54) is 46.9 Å². The van der Waals surface area contributed by atoms with E-state index < -0.39 is 8.40 Å². The summed E-state index contributed by atoms with van der Waals surface area (Å²) in [6.45, 7) is 0. The van der Waals surface area contributed by atoms with Crippen LogP contribution in [0, 0.1) is 0 Å². The minimum absolute atomic E-state index is 0.498. The Kier molecular flexibility index (Phi) is 14.7. The summed E-state index contributed by atoms with van der Waals surface area (Å²) in [6, 6.07) is 34.6. The zero-order valence-corrected chi connectivity index (χ0v) is 33.6. The van der Waals surface area contributed by atoms with Gasteiger partial charge in [0, 0.05) is 0 Å². The summed E-state index contributed by atoms with van der Waals surface area (Å²) in [6.07, 6.45) is 9.26. The van der Waals surface area contributed by atoms with E-state index in [1.807, 2.05) is 0 Å². The summed E-state index contributed by atoms with van der Waals surface area (Å²) < 4.78 is 18.9. The maximum absolute atomic E-state index is 5.42. The van der Waals surface area contributed by atoms with Gasteiger partial charge >= 0.3 is 293 Å². The Labute approximate surface area is 290 Å². The zero-order chi connectivity index (χ0) is 32.1. The molecule has 0 amide bonds. The molecule has 0 aromatic heterocycles. The molecule has 0 saturated carbocycles. The molecule has 0 aliphatic heterocycles. The van der Waals surface area contributed by atoms with E-state index in [2.05, 4.69) is 127 Å². The third-order valence-corrected chi connectivity index (χ3v) is 47.4. The number of hydrogen-bond donors (Lipinski definition) is 0. The third-order valence-electron chi connectivity index (χ3n) is 7.90. The monoisotopic (exact) mass is 842 g/mol. The van der Waals surface area contributed by atoms with Gasteiger partial charge in [-0.2, -0.15) is 0 Å². The van der Waals surface area contributed by atoms with Crippen molar-refractivity contribution in [2.75, 3.05) is 53.1 Å². The van der Waals surface area contributed by atoms with Gasteiger partial charge < -0.3 is 0 Å². The average Bonchev–Trinajstić information content (AvgIpc) is 3.09. The van der Waals surface area contributed by atoms with E-state index in [1.54, 1.807) is 28.4 Å². The van der Waals surface area contributed by atoms with E-state index in [9.17, 15) is 0 Å². The zero-order valence-electron chi connectivity index (χ0n) is 26.6. The molecule has 4 aromatic rings. The Balaban J connectivity index is 1.57. The summed E-state index contributed by atoms with van der Waals surface area (Å²) >= 11 is 8.34. The molecule has 240 valence electrons. The maximum atomic E-state index is 5.42. The molecule has 4 rings (SSSR count). The van der Waals surface area contributed by atoms with Crippen LogP contribution in [0.5, 0.6) is 23.0 Å². The Bertz CT molecular complexity index is 1330. The number of aryl methyl sites for hydroxylation is 4. The number of rotatable bonds is 18. The molecule has 0 atom stereocenters. The fourth-order valence-electron chi connectivity index (χ4n) is 5.02. The molecule has 0 N–H and O–H groups in total. The molecule has 45 heavy (non-hydrogen) atoms. The van der Waals surface area contributed by atoms with Gasteiger partial charge in [0.1, 0.15) is 0 Å². The second-order valence-electron chi connectivity index (χ2n) is 11.0. The Morgan fingerprint density at radius 1 is 0.400 bits per heavy atom. The van der Waals surface area contributed by atoms with Crippen LogP contribution in [0.15, 0.2) is 97.1 Å². The van der Waals surface area contributed by atoms with Crippen molar-refractivity contribution in [3.05, 3.63) is 119 Å². The minimum atomic E-state index is -1.37. The number of benzene rings is 4. The second-order valence-corrected chi connectivity index (χ2v) is 44.4. The topological polar surface area (TPSA) is 36.9 Å². The van der Waals surface area contributed by atoms with E-state index in [-0.39, 0.29) is 0 Å². The summed E-state index contributed by atoms with van der Waals surface area (Å²) in [5, 5.41) is 0. The van der Waals surface area contributed by atoms with Crippen molar-refractivity contribution in [2.45, 2.75) is 25.7 Å². The summed E-state index contributed by atoms with van der Waals surface area (Å²) in [4.78, 5) is 0.